The fourth-order valence-electron chi connectivity index (χ4n) is 2.08. The van der Waals surface area contributed by atoms with Crippen LogP contribution in [0.25, 0.3) is 0 Å². The molecule has 2 aliphatic heterocycles. The Morgan fingerprint density at radius 1 is 1.32 bits per heavy atom. The molecule has 2 heterocycles. The lowest BCUT2D eigenvalue weighted by Crippen LogP contribution is -2.61. The molecule has 0 saturated carbocycles. The van der Waals surface area contributed by atoms with Crippen LogP contribution in [0, 0.1) is 0 Å². The molecule has 0 spiro atoms. The molecule has 2 aliphatic rings. The molecule has 0 aromatic rings. The number of alkyl halides is 4. The van der Waals surface area contributed by atoms with Gasteiger partial charge in [-0.15, -0.1) is 0 Å². The van der Waals surface area contributed by atoms with Crippen molar-refractivity contribution in [1.29, 1.82) is 0 Å². The smallest absolute Gasteiger partial charge is 0.394 e. The molecule has 0 aliphatic carbocycles. The van der Waals surface area contributed by atoms with Gasteiger partial charge in [0.25, 0.3) is 0 Å². The fourth-order valence-corrected chi connectivity index (χ4v) is 2.08. The molecule has 2 rings (SSSR count). The van der Waals surface area contributed by atoms with E-state index in [9.17, 15) is 17.6 Å². The van der Waals surface area contributed by atoms with E-state index in [-0.39, 0.29) is 26.3 Å². The maximum Gasteiger partial charge on any atom is 0.448 e. The highest BCUT2D eigenvalue weighted by molar-refractivity contribution is 4.93. The molecule has 1 N–H and O–H groups in total. The van der Waals surface area contributed by atoms with Crippen molar-refractivity contribution in [2.24, 2.45) is 0 Å². The molecule has 0 amide bonds. The zero-order chi connectivity index (χ0) is 14.1. The van der Waals surface area contributed by atoms with Gasteiger partial charge in [0.1, 0.15) is 6.10 Å². The van der Waals surface area contributed by atoms with Crippen LogP contribution in [-0.4, -0.2) is 73.9 Å². The predicted octanol–water partition coefficient (Wildman–Crippen LogP) is 0.280. The average Bonchev–Trinajstić information content (AvgIpc) is 2.84. The first kappa shape index (κ1) is 14.9. The Morgan fingerprint density at radius 2 is 1.95 bits per heavy atom. The molecular formula is C10H15F4NO4. The van der Waals surface area contributed by atoms with Crippen LogP contribution in [0.4, 0.5) is 17.6 Å². The summed E-state index contributed by atoms with van der Waals surface area (Å²) in [6, 6.07) is 0. The van der Waals surface area contributed by atoms with E-state index < -0.39 is 37.6 Å². The van der Waals surface area contributed by atoms with Gasteiger partial charge in [0.15, 0.2) is 0 Å². The first-order chi connectivity index (χ1) is 8.90. The van der Waals surface area contributed by atoms with Gasteiger partial charge in [-0.25, -0.2) is 4.39 Å². The highest BCUT2D eigenvalue weighted by atomic mass is 19.4. The van der Waals surface area contributed by atoms with Gasteiger partial charge in [0, 0.05) is 13.1 Å². The highest BCUT2D eigenvalue weighted by Gasteiger charge is 2.68. The number of halogens is 4. The number of hydrogen-bond donors (Lipinski definition) is 1. The second-order valence-electron chi connectivity index (χ2n) is 4.38. The van der Waals surface area contributed by atoms with E-state index in [4.69, 9.17) is 9.84 Å². The van der Waals surface area contributed by atoms with E-state index in [0.717, 1.165) is 4.90 Å². The minimum atomic E-state index is -5.03. The van der Waals surface area contributed by atoms with E-state index in [2.05, 4.69) is 9.47 Å². The summed E-state index contributed by atoms with van der Waals surface area (Å²) >= 11 is 0. The quantitative estimate of drug-likeness (QED) is 0.597. The van der Waals surface area contributed by atoms with Gasteiger partial charge in [-0.3, -0.25) is 4.90 Å². The number of rotatable bonds is 3. The van der Waals surface area contributed by atoms with Crippen LogP contribution in [0.1, 0.15) is 0 Å². The minimum Gasteiger partial charge on any atom is -0.394 e. The van der Waals surface area contributed by atoms with Crippen molar-refractivity contribution < 1.29 is 36.9 Å². The van der Waals surface area contributed by atoms with E-state index >= 15 is 0 Å². The lowest BCUT2D eigenvalue weighted by atomic mass is 10.2. The molecule has 0 bridgehead atoms. The Labute approximate surface area is 107 Å². The lowest BCUT2D eigenvalue weighted by Gasteiger charge is -2.39. The van der Waals surface area contributed by atoms with Gasteiger partial charge in [-0.2, -0.15) is 13.2 Å². The van der Waals surface area contributed by atoms with Crippen molar-refractivity contribution in [3.63, 3.8) is 0 Å². The maximum atomic E-state index is 14.3. The van der Waals surface area contributed by atoms with E-state index in [1.54, 1.807) is 0 Å². The summed E-state index contributed by atoms with van der Waals surface area (Å²) in [6.45, 7) is -0.810. The number of aliphatic hydroxyl groups excluding tert-OH is 1. The summed E-state index contributed by atoms with van der Waals surface area (Å²) in [5.41, 5.74) is 0. The zero-order valence-electron chi connectivity index (χ0n) is 10.0. The molecule has 9 heteroatoms. The maximum absolute atomic E-state index is 14.3. The summed E-state index contributed by atoms with van der Waals surface area (Å²) in [5, 5.41) is 8.83. The molecule has 2 saturated heterocycles. The Bertz CT molecular complexity index is 310. The van der Waals surface area contributed by atoms with Gasteiger partial charge >= 0.3 is 12.0 Å². The summed E-state index contributed by atoms with van der Waals surface area (Å²) in [7, 11) is 0. The normalized spacial score (nSPS) is 35.5. The van der Waals surface area contributed by atoms with Crippen LogP contribution in [-0.2, 0) is 14.2 Å². The van der Waals surface area contributed by atoms with Crippen molar-refractivity contribution >= 4 is 0 Å². The molecule has 5 nitrogen and oxygen atoms in total. The van der Waals surface area contributed by atoms with Gasteiger partial charge in [-0.05, 0) is 0 Å². The van der Waals surface area contributed by atoms with E-state index in [0.29, 0.717) is 0 Å². The van der Waals surface area contributed by atoms with Crippen LogP contribution >= 0.6 is 0 Å². The number of hydrogen-bond acceptors (Lipinski definition) is 5. The Morgan fingerprint density at radius 3 is 2.42 bits per heavy atom. The standard InChI is InChI=1S/C10H15F4NO4/c11-8(15-1-3-17-4-2-15)9(10(12,13)14)18-6-7(5-16)19-9/h7-8,16H,1-6H2. The highest BCUT2D eigenvalue weighted by Crippen LogP contribution is 2.44. The van der Waals surface area contributed by atoms with Gasteiger partial charge in [0.2, 0.25) is 6.30 Å². The molecule has 2 fully saturated rings. The fraction of sp³-hybridized carbons (Fsp3) is 1.00. The number of nitrogens with zero attached hydrogens (tertiary/aromatic N) is 1. The second-order valence-corrected chi connectivity index (χ2v) is 4.38. The number of ether oxygens (including phenoxy) is 3. The molecule has 3 unspecified atom stereocenters. The van der Waals surface area contributed by atoms with Crippen molar-refractivity contribution in [2.45, 2.75) is 24.4 Å². The lowest BCUT2D eigenvalue weighted by molar-refractivity contribution is -0.385. The third-order valence-electron chi connectivity index (χ3n) is 3.10. The van der Waals surface area contributed by atoms with Crippen LogP contribution in [0.2, 0.25) is 0 Å². The first-order valence-corrected chi connectivity index (χ1v) is 5.86. The monoisotopic (exact) mass is 289 g/mol. The van der Waals surface area contributed by atoms with Crippen molar-refractivity contribution in [1.82, 2.24) is 4.90 Å². The summed E-state index contributed by atoms with van der Waals surface area (Å²) in [5.74, 6) is -3.34. The summed E-state index contributed by atoms with van der Waals surface area (Å²) in [6.07, 6.45) is -8.71. The zero-order valence-corrected chi connectivity index (χ0v) is 10.0. The molecule has 0 aromatic heterocycles. The predicted molar refractivity (Wildman–Crippen MR) is 54.0 cm³/mol. The van der Waals surface area contributed by atoms with Crippen LogP contribution in [0.5, 0.6) is 0 Å². The number of morpholine rings is 1. The number of aliphatic hydroxyl groups is 1. The van der Waals surface area contributed by atoms with Crippen LogP contribution < -0.4 is 0 Å². The van der Waals surface area contributed by atoms with Gasteiger partial charge in [-0.1, -0.05) is 0 Å². The Hall–Kier alpha value is -0.480. The Kier molecular flexibility index (Phi) is 4.31. The molecule has 112 valence electrons. The average molecular weight is 289 g/mol. The third kappa shape index (κ3) is 2.70. The van der Waals surface area contributed by atoms with Gasteiger partial charge in [0.05, 0.1) is 26.4 Å². The third-order valence-corrected chi connectivity index (χ3v) is 3.10. The van der Waals surface area contributed by atoms with Crippen LogP contribution in [0.3, 0.4) is 0 Å². The van der Waals surface area contributed by atoms with Crippen molar-refractivity contribution in [3.05, 3.63) is 0 Å². The Balaban J connectivity index is 2.18. The molecule has 0 aromatic carbocycles. The molecule has 0 radical (unpaired) electrons. The van der Waals surface area contributed by atoms with Crippen molar-refractivity contribution in [2.75, 3.05) is 39.5 Å². The molecule has 3 atom stereocenters. The molecule has 19 heavy (non-hydrogen) atoms. The molecular weight excluding hydrogens is 274 g/mol. The van der Waals surface area contributed by atoms with Crippen molar-refractivity contribution in [3.8, 4) is 0 Å². The van der Waals surface area contributed by atoms with Crippen LogP contribution in [0.15, 0.2) is 0 Å². The summed E-state index contributed by atoms with van der Waals surface area (Å²) in [4.78, 5) is 0.969. The van der Waals surface area contributed by atoms with E-state index in [1.165, 1.54) is 0 Å². The second kappa shape index (κ2) is 5.49. The summed E-state index contributed by atoms with van der Waals surface area (Å²) < 4.78 is 67.7. The first-order valence-electron chi connectivity index (χ1n) is 5.86. The minimum absolute atomic E-state index is 0.0233. The SMILES string of the molecule is OCC1COC(C(F)N2CCOCC2)(C(F)(F)F)O1. The van der Waals surface area contributed by atoms with Gasteiger partial charge < -0.3 is 19.3 Å². The topological polar surface area (TPSA) is 51.2 Å². The van der Waals surface area contributed by atoms with E-state index in [1.807, 2.05) is 0 Å². The largest absolute Gasteiger partial charge is 0.448 e.